The molecule has 0 atom stereocenters. The topological polar surface area (TPSA) is 23.9 Å². The number of thioether (sulfide) groups is 1. The molecule has 0 radical (unpaired) electrons. The van der Waals surface area contributed by atoms with Crippen LogP contribution in [-0.4, -0.2) is 12.5 Å². The molecule has 78 valence electrons. The van der Waals surface area contributed by atoms with E-state index in [-0.39, 0.29) is 0 Å². The second-order valence-electron chi connectivity index (χ2n) is 3.22. The fourth-order valence-corrected chi connectivity index (χ4v) is 4.13. The molecule has 0 saturated carbocycles. The van der Waals surface area contributed by atoms with Crippen LogP contribution in [0.5, 0.6) is 0 Å². The summed E-state index contributed by atoms with van der Waals surface area (Å²) in [7, 11) is 0. The van der Waals surface area contributed by atoms with Gasteiger partial charge in [0, 0.05) is 26.9 Å². The van der Waals surface area contributed by atoms with Crippen LogP contribution in [0.15, 0.2) is 21.2 Å². The zero-order valence-corrected chi connectivity index (χ0v) is 11.0. The van der Waals surface area contributed by atoms with Crippen LogP contribution in [0, 0.1) is 12.3 Å². The van der Waals surface area contributed by atoms with Crippen LogP contribution in [0.3, 0.4) is 0 Å². The maximum Gasteiger partial charge on any atom is 0.0688 e. The van der Waals surface area contributed by atoms with Crippen molar-refractivity contribution < 1.29 is 0 Å². The lowest BCUT2D eigenvalue weighted by molar-refractivity contribution is 1.46. The summed E-state index contributed by atoms with van der Waals surface area (Å²) < 4.78 is 1.29. The van der Waals surface area contributed by atoms with Crippen LogP contribution < -0.4 is 0 Å². The molecule has 1 heterocycles. The van der Waals surface area contributed by atoms with Gasteiger partial charge >= 0.3 is 0 Å². The Bertz CT molecular complexity index is 528. The third-order valence-electron chi connectivity index (χ3n) is 2.38. The van der Waals surface area contributed by atoms with E-state index in [0.717, 1.165) is 10.5 Å². The largest absolute Gasteiger partial charge is 0.308 e. The number of thiol groups is 1. The normalized spacial score (nSPS) is 10.9. The van der Waals surface area contributed by atoms with E-state index in [4.69, 9.17) is 5.41 Å². The fourth-order valence-electron chi connectivity index (χ4n) is 1.61. The number of hydrogen-bond donors (Lipinski definition) is 2. The highest BCUT2D eigenvalue weighted by molar-refractivity contribution is 8.00. The van der Waals surface area contributed by atoms with Gasteiger partial charge in [-0.1, -0.05) is 12.1 Å². The average molecular weight is 253 g/mol. The molecule has 2 aromatic rings. The van der Waals surface area contributed by atoms with Crippen molar-refractivity contribution in [1.29, 1.82) is 5.41 Å². The number of fused-ring (bicyclic) bond motifs is 1. The summed E-state index contributed by atoms with van der Waals surface area (Å²) in [6.07, 6.45) is 3.44. The minimum atomic E-state index is 0.888. The minimum absolute atomic E-state index is 0.888. The number of aryl methyl sites for hydroxylation is 1. The summed E-state index contributed by atoms with van der Waals surface area (Å²) >= 11 is 8.07. The molecule has 1 nitrogen and oxygen atoms in total. The Hall–Kier alpha value is -0.450. The first kappa shape index (κ1) is 11.0. The summed E-state index contributed by atoms with van der Waals surface area (Å²) in [5.74, 6) is 0. The van der Waals surface area contributed by atoms with Crippen molar-refractivity contribution in [3.8, 4) is 0 Å². The van der Waals surface area contributed by atoms with Gasteiger partial charge in [0.15, 0.2) is 0 Å². The highest BCUT2D eigenvalue weighted by atomic mass is 32.2. The monoisotopic (exact) mass is 253 g/mol. The Morgan fingerprint density at radius 3 is 2.80 bits per heavy atom. The molecular formula is C11H11NS3. The van der Waals surface area contributed by atoms with Crippen molar-refractivity contribution in [1.82, 2.24) is 0 Å². The first-order valence-electron chi connectivity index (χ1n) is 4.48. The number of thiophene rings is 1. The second-order valence-corrected chi connectivity index (χ2v) is 5.97. The summed E-state index contributed by atoms with van der Waals surface area (Å²) in [4.78, 5) is 2.25. The summed E-state index contributed by atoms with van der Waals surface area (Å²) in [6.45, 7) is 2.13. The number of hydrogen-bond acceptors (Lipinski definition) is 4. The molecule has 0 unspecified atom stereocenters. The van der Waals surface area contributed by atoms with Crippen molar-refractivity contribution in [2.75, 3.05) is 6.26 Å². The van der Waals surface area contributed by atoms with Gasteiger partial charge < -0.3 is 5.41 Å². The maximum atomic E-state index is 7.32. The molecule has 15 heavy (non-hydrogen) atoms. The smallest absolute Gasteiger partial charge is 0.0688 e. The Balaban J connectivity index is 2.89. The maximum absolute atomic E-state index is 7.32. The second kappa shape index (κ2) is 4.20. The van der Waals surface area contributed by atoms with E-state index in [9.17, 15) is 0 Å². The van der Waals surface area contributed by atoms with Gasteiger partial charge in [-0.25, -0.2) is 0 Å². The van der Waals surface area contributed by atoms with E-state index in [1.807, 2.05) is 6.07 Å². The molecule has 0 aliphatic heterocycles. The highest BCUT2D eigenvalue weighted by Gasteiger charge is 2.12. The predicted molar refractivity (Wildman–Crippen MR) is 73.5 cm³/mol. The summed E-state index contributed by atoms with van der Waals surface area (Å²) in [5.41, 5.74) is 0.888. The first-order chi connectivity index (χ1) is 7.19. The van der Waals surface area contributed by atoms with Crippen molar-refractivity contribution in [3.63, 3.8) is 0 Å². The lowest BCUT2D eigenvalue weighted by atomic mass is 10.1. The fraction of sp³-hybridized carbons (Fsp3) is 0.182. The van der Waals surface area contributed by atoms with Crippen LogP contribution in [0.4, 0.5) is 0 Å². The van der Waals surface area contributed by atoms with Gasteiger partial charge in [0.1, 0.15) is 0 Å². The van der Waals surface area contributed by atoms with Crippen LogP contribution >= 0.6 is 35.7 Å². The molecule has 0 spiro atoms. The molecule has 0 saturated heterocycles. The number of nitrogens with one attached hydrogen (secondary N) is 1. The van der Waals surface area contributed by atoms with Crippen LogP contribution in [0.2, 0.25) is 0 Å². The summed E-state index contributed by atoms with van der Waals surface area (Å²) in [5, 5.41) is 9.78. The Kier molecular flexibility index (Phi) is 3.09. The third kappa shape index (κ3) is 1.71. The zero-order valence-electron chi connectivity index (χ0n) is 8.50. The molecule has 2 rings (SSSR count). The van der Waals surface area contributed by atoms with Gasteiger partial charge in [-0.2, -0.15) is 0 Å². The van der Waals surface area contributed by atoms with Gasteiger partial charge in [-0.3, -0.25) is 0 Å². The molecule has 4 heteroatoms. The molecule has 0 bridgehead atoms. The van der Waals surface area contributed by atoms with Crippen molar-refractivity contribution in [2.45, 2.75) is 16.0 Å². The average Bonchev–Trinajstić information content (AvgIpc) is 2.57. The van der Waals surface area contributed by atoms with Crippen molar-refractivity contribution in [2.24, 2.45) is 0 Å². The van der Waals surface area contributed by atoms with Crippen LogP contribution in [-0.2, 0) is 0 Å². The van der Waals surface area contributed by atoms with Gasteiger partial charge in [0.05, 0.1) is 4.21 Å². The van der Waals surface area contributed by atoms with E-state index in [1.165, 1.54) is 26.1 Å². The molecule has 0 amide bonds. The molecule has 0 fully saturated rings. The standard InChI is InChI=1S/C11H11NS3/c1-6-8-4-3-7(5-12)10(13)9(8)11(14-2)15-6/h3-5,12-13H,1-2H3. The van der Waals surface area contributed by atoms with E-state index in [1.54, 1.807) is 23.1 Å². The Morgan fingerprint density at radius 1 is 1.47 bits per heavy atom. The number of rotatable bonds is 2. The molecule has 1 aromatic heterocycles. The van der Waals surface area contributed by atoms with Gasteiger partial charge in [-0.05, 0) is 18.6 Å². The van der Waals surface area contributed by atoms with Crippen molar-refractivity contribution >= 4 is 52.7 Å². The SMILES string of the molecule is CSc1sc(C)c2ccc(C=N)c(S)c12. The van der Waals surface area contributed by atoms with E-state index in [2.05, 4.69) is 31.9 Å². The summed E-state index contributed by atoms with van der Waals surface area (Å²) in [6, 6.07) is 4.04. The Labute approximate surface area is 103 Å². The lowest BCUT2D eigenvalue weighted by Crippen LogP contribution is -1.83. The van der Waals surface area contributed by atoms with Crippen molar-refractivity contribution in [3.05, 3.63) is 22.6 Å². The van der Waals surface area contributed by atoms with E-state index < -0.39 is 0 Å². The van der Waals surface area contributed by atoms with E-state index >= 15 is 0 Å². The van der Waals surface area contributed by atoms with E-state index in [0.29, 0.717) is 0 Å². The predicted octanol–water partition coefficient (Wildman–Crippen LogP) is 4.22. The first-order valence-corrected chi connectivity index (χ1v) is 6.97. The highest BCUT2D eigenvalue weighted by Crippen LogP contribution is 2.40. The van der Waals surface area contributed by atoms with Gasteiger partial charge in [-0.15, -0.1) is 35.7 Å². The third-order valence-corrected chi connectivity index (χ3v) is 5.10. The Morgan fingerprint density at radius 2 is 2.20 bits per heavy atom. The molecule has 1 aromatic carbocycles. The molecular weight excluding hydrogens is 242 g/mol. The number of benzene rings is 1. The molecule has 1 N–H and O–H groups in total. The van der Waals surface area contributed by atoms with Gasteiger partial charge in [0.2, 0.25) is 0 Å². The molecule has 0 aliphatic carbocycles. The minimum Gasteiger partial charge on any atom is -0.308 e. The van der Waals surface area contributed by atoms with Crippen LogP contribution in [0.1, 0.15) is 10.4 Å². The zero-order chi connectivity index (χ0) is 11.0. The van der Waals surface area contributed by atoms with Gasteiger partial charge in [0.25, 0.3) is 0 Å². The van der Waals surface area contributed by atoms with Crippen LogP contribution in [0.25, 0.3) is 10.8 Å². The molecule has 0 aliphatic rings. The lowest BCUT2D eigenvalue weighted by Gasteiger charge is -2.02. The quantitative estimate of drug-likeness (QED) is 0.467.